The van der Waals surface area contributed by atoms with Crippen molar-refractivity contribution >= 4 is 27.5 Å². The van der Waals surface area contributed by atoms with Gasteiger partial charge in [0.05, 0.1) is 24.6 Å². The number of piperidine rings is 1. The largest absolute Gasteiger partial charge is 0.378 e. The van der Waals surface area contributed by atoms with E-state index in [0.717, 1.165) is 24.5 Å². The summed E-state index contributed by atoms with van der Waals surface area (Å²) in [5, 5.41) is 3.05. The maximum Gasteiger partial charge on any atom is 0.281 e. The van der Waals surface area contributed by atoms with E-state index in [-0.39, 0.29) is 11.8 Å². The number of nitrogens with zero attached hydrogens (tertiary/aromatic N) is 3. The number of para-hydroxylation sites is 2. The van der Waals surface area contributed by atoms with Crippen LogP contribution in [-0.2, 0) is 19.7 Å². The summed E-state index contributed by atoms with van der Waals surface area (Å²) in [5.41, 5.74) is 1.80. The summed E-state index contributed by atoms with van der Waals surface area (Å²) < 4.78 is 32.5. The smallest absolute Gasteiger partial charge is 0.281 e. The zero-order valence-electron chi connectivity index (χ0n) is 15.9. The minimum atomic E-state index is -3.41. The second-order valence-electron chi connectivity index (χ2n) is 7.07. The lowest BCUT2D eigenvalue weighted by Gasteiger charge is -2.33. The topological polar surface area (TPSA) is 82.2 Å². The molecule has 9 heteroatoms. The minimum Gasteiger partial charge on any atom is -0.378 e. The van der Waals surface area contributed by atoms with Gasteiger partial charge in [-0.15, -0.1) is 0 Å². The molecule has 1 aromatic rings. The molecule has 1 amide bonds. The van der Waals surface area contributed by atoms with E-state index in [4.69, 9.17) is 4.74 Å². The number of morpholine rings is 1. The molecule has 1 aromatic carbocycles. The SMILES string of the molecule is CN(C)S(=O)(=O)N1CCC(C(=O)Nc2ccccc2N2CCOCC2)CC1. The molecule has 2 saturated heterocycles. The van der Waals surface area contributed by atoms with Crippen LogP contribution in [0.15, 0.2) is 24.3 Å². The van der Waals surface area contributed by atoms with Crippen LogP contribution in [0.5, 0.6) is 0 Å². The Kier molecular flexibility index (Phi) is 6.36. The first-order valence-electron chi connectivity index (χ1n) is 9.30. The Hall–Kier alpha value is -1.68. The monoisotopic (exact) mass is 396 g/mol. The highest BCUT2D eigenvalue weighted by atomic mass is 32.2. The summed E-state index contributed by atoms with van der Waals surface area (Å²) in [6, 6.07) is 7.79. The van der Waals surface area contributed by atoms with Gasteiger partial charge in [-0.05, 0) is 25.0 Å². The first kappa shape index (κ1) is 20.1. The van der Waals surface area contributed by atoms with Gasteiger partial charge < -0.3 is 15.0 Å². The number of anilines is 2. The average molecular weight is 397 g/mol. The molecule has 0 aromatic heterocycles. The summed E-state index contributed by atoms with van der Waals surface area (Å²) in [6.07, 6.45) is 1.05. The second-order valence-corrected chi connectivity index (χ2v) is 9.21. The highest BCUT2D eigenvalue weighted by Gasteiger charge is 2.32. The van der Waals surface area contributed by atoms with Crippen molar-refractivity contribution in [1.29, 1.82) is 0 Å². The van der Waals surface area contributed by atoms with Crippen LogP contribution in [0.4, 0.5) is 11.4 Å². The Labute approximate surface area is 161 Å². The van der Waals surface area contributed by atoms with E-state index >= 15 is 0 Å². The van der Waals surface area contributed by atoms with Crippen LogP contribution in [0.2, 0.25) is 0 Å². The first-order chi connectivity index (χ1) is 12.9. The summed E-state index contributed by atoms with van der Waals surface area (Å²) >= 11 is 0. The quantitative estimate of drug-likeness (QED) is 0.802. The molecule has 0 atom stereocenters. The molecule has 0 bridgehead atoms. The Morgan fingerprint density at radius 3 is 2.37 bits per heavy atom. The van der Waals surface area contributed by atoms with Crippen LogP contribution in [0.1, 0.15) is 12.8 Å². The van der Waals surface area contributed by atoms with Gasteiger partial charge in [-0.25, -0.2) is 0 Å². The highest BCUT2D eigenvalue weighted by molar-refractivity contribution is 7.86. The molecule has 3 rings (SSSR count). The van der Waals surface area contributed by atoms with E-state index < -0.39 is 10.2 Å². The van der Waals surface area contributed by atoms with Crippen LogP contribution in [0.3, 0.4) is 0 Å². The van der Waals surface area contributed by atoms with Crippen molar-refractivity contribution in [2.24, 2.45) is 5.92 Å². The van der Waals surface area contributed by atoms with E-state index in [9.17, 15) is 13.2 Å². The molecule has 8 nitrogen and oxygen atoms in total. The predicted molar refractivity (Wildman–Crippen MR) is 105 cm³/mol. The highest BCUT2D eigenvalue weighted by Crippen LogP contribution is 2.28. The van der Waals surface area contributed by atoms with Crippen molar-refractivity contribution in [2.75, 3.05) is 63.7 Å². The van der Waals surface area contributed by atoms with Crippen molar-refractivity contribution in [3.8, 4) is 0 Å². The van der Waals surface area contributed by atoms with E-state index in [1.807, 2.05) is 24.3 Å². The zero-order valence-corrected chi connectivity index (χ0v) is 16.7. The molecule has 2 aliphatic rings. The zero-order chi connectivity index (χ0) is 19.4. The predicted octanol–water partition coefficient (Wildman–Crippen LogP) is 0.980. The van der Waals surface area contributed by atoms with E-state index in [0.29, 0.717) is 39.1 Å². The Bertz CT molecular complexity index is 754. The van der Waals surface area contributed by atoms with Gasteiger partial charge in [0.1, 0.15) is 0 Å². The number of hydrogen-bond acceptors (Lipinski definition) is 5. The standard InChI is InChI=1S/C18H28N4O4S/c1-20(2)27(24,25)22-9-7-15(8-10-22)18(23)19-16-5-3-4-6-17(16)21-11-13-26-14-12-21/h3-6,15H,7-14H2,1-2H3,(H,19,23). The van der Waals surface area contributed by atoms with E-state index in [2.05, 4.69) is 10.2 Å². The summed E-state index contributed by atoms with van der Waals surface area (Å²) in [6.45, 7) is 3.69. The number of benzene rings is 1. The van der Waals surface area contributed by atoms with Crippen LogP contribution >= 0.6 is 0 Å². The van der Waals surface area contributed by atoms with Gasteiger partial charge in [0, 0.05) is 46.2 Å². The van der Waals surface area contributed by atoms with Gasteiger partial charge in [0.2, 0.25) is 5.91 Å². The molecular weight excluding hydrogens is 368 g/mol. The molecule has 1 N–H and O–H groups in total. The molecule has 0 unspecified atom stereocenters. The summed E-state index contributed by atoms with van der Waals surface area (Å²) in [4.78, 5) is 15.0. The molecular formula is C18H28N4O4S. The fourth-order valence-electron chi connectivity index (χ4n) is 3.47. The van der Waals surface area contributed by atoms with Gasteiger partial charge in [0.25, 0.3) is 10.2 Å². The van der Waals surface area contributed by atoms with Crippen molar-refractivity contribution in [3.05, 3.63) is 24.3 Å². The van der Waals surface area contributed by atoms with Crippen LogP contribution in [0, 0.1) is 5.92 Å². The fraction of sp³-hybridized carbons (Fsp3) is 0.611. The Balaban J connectivity index is 1.62. The van der Waals surface area contributed by atoms with Crippen molar-refractivity contribution < 1.29 is 17.9 Å². The molecule has 2 fully saturated rings. The second kappa shape index (κ2) is 8.55. The van der Waals surface area contributed by atoms with Crippen molar-refractivity contribution in [2.45, 2.75) is 12.8 Å². The number of nitrogens with one attached hydrogen (secondary N) is 1. The normalized spacial score (nSPS) is 20.0. The number of amides is 1. The maximum absolute atomic E-state index is 12.8. The molecule has 27 heavy (non-hydrogen) atoms. The molecule has 2 heterocycles. The third-order valence-corrected chi connectivity index (χ3v) is 7.07. The van der Waals surface area contributed by atoms with Gasteiger partial charge in [-0.3, -0.25) is 4.79 Å². The molecule has 0 radical (unpaired) electrons. The van der Waals surface area contributed by atoms with Crippen molar-refractivity contribution in [3.63, 3.8) is 0 Å². The number of ether oxygens (including phenoxy) is 1. The number of carbonyl (C=O) groups excluding carboxylic acids is 1. The molecule has 0 spiro atoms. The number of rotatable bonds is 5. The van der Waals surface area contributed by atoms with E-state index in [1.165, 1.54) is 22.7 Å². The lowest BCUT2D eigenvalue weighted by atomic mass is 9.97. The first-order valence-corrected chi connectivity index (χ1v) is 10.7. The van der Waals surface area contributed by atoms with Crippen LogP contribution in [0.25, 0.3) is 0 Å². The van der Waals surface area contributed by atoms with E-state index in [1.54, 1.807) is 0 Å². The van der Waals surface area contributed by atoms with Gasteiger partial charge in [0.15, 0.2) is 0 Å². The van der Waals surface area contributed by atoms with Crippen LogP contribution < -0.4 is 10.2 Å². The van der Waals surface area contributed by atoms with Gasteiger partial charge in [-0.2, -0.15) is 17.0 Å². The molecule has 150 valence electrons. The van der Waals surface area contributed by atoms with Gasteiger partial charge in [-0.1, -0.05) is 12.1 Å². The fourth-order valence-corrected chi connectivity index (χ4v) is 4.61. The number of carbonyl (C=O) groups is 1. The average Bonchev–Trinajstić information content (AvgIpc) is 2.69. The lowest BCUT2D eigenvalue weighted by Crippen LogP contribution is -2.46. The third-order valence-electron chi connectivity index (χ3n) is 5.13. The molecule has 0 saturated carbocycles. The Morgan fingerprint density at radius 2 is 1.74 bits per heavy atom. The maximum atomic E-state index is 12.8. The summed E-state index contributed by atoms with van der Waals surface area (Å²) in [5.74, 6) is -0.228. The lowest BCUT2D eigenvalue weighted by molar-refractivity contribution is -0.120. The number of hydrogen-bond donors (Lipinski definition) is 1. The van der Waals surface area contributed by atoms with Crippen molar-refractivity contribution in [1.82, 2.24) is 8.61 Å². The summed E-state index contributed by atoms with van der Waals surface area (Å²) in [7, 11) is -0.364. The molecule has 2 aliphatic heterocycles. The molecule has 0 aliphatic carbocycles. The minimum absolute atomic E-state index is 0.0439. The Morgan fingerprint density at radius 1 is 1.11 bits per heavy atom. The third kappa shape index (κ3) is 4.60. The van der Waals surface area contributed by atoms with Crippen LogP contribution in [-0.4, -0.2) is 76.4 Å². The van der Waals surface area contributed by atoms with Gasteiger partial charge >= 0.3 is 0 Å².